The van der Waals surface area contributed by atoms with Crippen LogP contribution in [0.3, 0.4) is 0 Å². The Hall–Kier alpha value is -2.84. The maximum Gasteiger partial charge on any atom is 0.272 e. The predicted octanol–water partition coefficient (Wildman–Crippen LogP) is 1.25. The van der Waals surface area contributed by atoms with Gasteiger partial charge >= 0.3 is 0 Å². The lowest BCUT2D eigenvalue weighted by Gasteiger charge is -2.08. The Morgan fingerprint density at radius 2 is 2.14 bits per heavy atom. The van der Waals surface area contributed by atoms with Crippen LogP contribution in [0.4, 0.5) is 5.69 Å². The molecule has 0 fully saturated rings. The summed E-state index contributed by atoms with van der Waals surface area (Å²) in [5.41, 5.74) is 7.49. The minimum atomic E-state index is -0.394. The molecule has 0 saturated heterocycles. The number of aromatic amines is 1. The fourth-order valence-corrected chi connectivity index (χ4v) is 1.79. The zero-order valence-electron chi connectivity index (χ0n) is 11.6. The van der Waals surface area contributed by atoms with E-state index >= 15 is 0 Å². The summed E-state index contributed by atoms with van der Waals surface area (Å²) in [5, 5.41) is 2.75. The van der Waals surface area contributed by atoms with Crippen molar-refractivity contribution in [3.8, 4) is 11.8 Å². The lowest BCUT2D eigenvalue weighted by Crippen LogP contribution is -2.18. The molecule has 1 amide bonds. The Bertz CT molecular complexity index is 782. The molecule has 0 unspecified atom stereocenters. The Morgan fingerprint density at radius 1 is 1.33 bits per heavy atom. The van der Waals surface area contributed by atoms with Crippen LogP contribution in [-0.4, -0.2) is 17.4 Å². The second-order valence-corrected chi connectivity index (χ2v) is 4.44. The zero-order valence-corrected chi connectivity index (χ0v) is 11.6. The topological polar surface area (TPSA) is 88.0 Å². The molecule has 1 aromatic heterocycles. The van der Waals surface area contributed by atoms with Crippen LogP contribution >= 0.6 is 0 Å². The summed E-state index contributed by atoms with van der Waals surface area (Å²) in [7, 11) is 0. The van der Waals surface area contributed by atoms with E-state index in [-0.39, 0.29) is 17.8 Å². The maximum atomic E-state index is 12.1. The third kappa shape index (κ3) is 3.81. The fraction of sp³-hybridized carbons (Fsp3) is 0.125. The summed E-state index contributed by atoms with van der Waals surface area (Å²) < 4.78 is 0. The smallest absolute Gasteiger partial charge is 0.272 e. The largest absolute Gasteiger partial charge is 0.320 e. The van der Waals surface area contributed by atoms with Gasteiger partial charge in [0, 0.05) is 11.6 Å². The molecule has 0 aliphatic carbocycles. The van der Waals surface area contributed by atoms with Crippen molar-refractivity contribution in [2.75, 3.05) is 11.9 Å². The second kappa shape index (κ2) is 6.55. The number of carbonyl (C=O) groups is 1. The number of hydrogen-bond acceptors (Lipinski definition) is 3. The highest BCUT2D eigenvalue weighted by Crippen LogP contribution is 2.17. The summed E-state index contributed by atoms with van der Waals surface area (Å²) in [5.74, 6) is 5.27. The van der Waals surface area contributed by atoms with E-state index < -0.39 is 5.91 Å². The van der Waals surface area contributed by atoms with E-state index in [4.69, 9.17) is 5.73 Å². The Labute approximate surface area is 122 Å². The number of pyridine rings is 1. The predicted molar refractivity (Wildman–Crippen MR) is 82.1 cm³/mol. The monoisotopic (exact) mass is 281 g/mol. The van der Waals surface area contributed by atoms with Gasteiger partial charge in [-0.1, -0.05) is 24.0 Å². The first-order valence-electron chi connectivity index (χ1n) is 6.40. The van der Waals surface area contributed by atoms with Crippen LogP contribution in [0.1, 0.15) is 21.6 Å². The lowest BCUT2D eigenvalue weighted by molar-refractivity contribution is 0.102. The Balaban J connectivity index is 2.32. The molecule has 1 aromatic carbocycles. The van der Waals surface area contributed by atoms with Gasteiger partial charge in [0.1, 0.15) is 5.69 Å². The van der Waals surface area contributed by atoms with Crippen LogP contribution in [0.15, 0.2) is 41.2 Å². The number of H-pyrrole nitrogens is 1. The molecular formula is C16H15N3O2. The van der Waals surface area contributed by atoms with Crippen molar-refractivity contribution < 1.29 is 4.79 Å². The van der Waals surface area contributed by atoms with Crippen LogP contribution in [-0.2, 0) is 0 Å². The van der Waals surface area contributed by atoms with Gasteiger partial charge < -0.3 is 16.0 Å². The molecule has 5 heteroatoms. The molecule has 21 heavy (non-hydrogen) atoms. The van der Waals surface area contributed by atoms with Crippen molar-refractivity contribution in [3.63, 3.8) is 0 Å². The quantitative estimate of drug-likeness (QED) is 0.724. The number of anilines is 1. The summed E-state index contributed by atoms with van der Waals surface area (Å²) >= 11 is 0. The van der Waals surface area contributed by atoms with Gasteiger partial charge in [-0.3, -0.25) is 9.59 Å². The number of benzene rings is 1. The molecular weight excluding hydrogens is 266 g/mol. The van der Waals surface area contributed by atoms with E-state index in [1.54, 1.807) is 0 Å². The molecule has 0 spiro atoms. The van der Waals surface area contributed by atoms with Crippen molar-refractivity contribution in [1.82, 2.24) is 4.98 Å². The van der Waals surface area contributed by atoms with Gasteiger partial charge in [0.25, 0.3) is 5.91 Å². The molecule has 2 aromatic rings. The average molecular weight is 281 g/mol. The molecule has 0 radical (unpaired) electrons. The molecule has 4 N–H and O–H groups in total. The minimum absolute atomic E-state index is 0.196. The van der Waals surface area contributed by atoms with E-state index in [9.17, 15) is 9.59 Å². The number of aryl methyl sites for hydroxylation is 1. The van der Waals surface area contributed by atoms with Gasteiger partial charge in [0.05, 0.1) is 12.2 Å². The number of nitrogens with two attached hydrogens (primary N) is 1. The van der Waals surface area contributed by atoms with Crippen molar-refractivity contribution in [2.24, 2.45) is 5.73 Å². The number of aromatic nitrogens is 1. The van der Waals surface area contributed by atoms with Crippen molar-refractivity contribution in [3.05, 3.63) is 63.6 Å². The molecule has 0 bridgehead atoms. The lowest BCUT2D eigenvalue weighted by atomic mass is 10.1. The molecule has 106 valence electrons. The number of nitrogens with one attached hydrogen (secondary N) is 2. The average Bonchev–Trinajstić information content (AvgIpc) is 2.46. The SMILES string of the molecule is Cc1ccc(C#CCN)c(NC(=O)c2cccc(=O)[nH]2)c1. The van der Waals surface area contributed by atoms with Gasteiger partial charge in [0.2, 0.25) is 5.56 Å². The minimum Gasteiger partial charge on any atom is -0.320 e. The van der Waals surface area contributed by atoms with Crippen molar-refractivity contribution in [2.45, 2.75) is 6.92 Å². The number of amides is 1. The van der Waals surface area contributed by atoms with Crippen molar-refractivity contribution in [1.29, 1.82) is 0 Å². The van der Waals surface area contributed by atoms with Gasteiger partial charge in [0.15, 0.2) is 0 Å². The molecule has 0 aliphatic rings. The van der Waals surface area contributed by atoms with E-state index in [2.05, 4.69) is 22.1 Å². The van der Waals surface area contributed by atoms with Crippen LogP contribution < -0.4 is 16.6 Å². The van der Waals surface area contributed by atoms with Gasteiger partial charge in [-0.05, 0) is 30.7 Å². The van der Waals surface area contributed by atoms with E-state index in [0.29, 0.717) is 11.3 Å². The highest BCUT2D eigenvalue weighted by atomic mass is 16.2. The third-order valence-corrected chi connectivity index (χ3v) is 2.76. The number of hydrogen-bond donors (Lipinski definition) is 3. The second-order valence-electron chi connectivity index (χ2n) is 4.44. The maximum absolute atomic E-state index is 12.1. The van der Waals surface area contributed by atoms with Crippen molar-refractivity contribution >= 4 is 11.6 Å². The molecule has 5 nitrogen and oxygen atoms in total. The summed E-state index contributed by atoms with van der Waals surface area (Å²) in [6, 6.07) is 9.96. The van der Waals surface area contributed by atoms with Crippen LogP contribution in [0.2, 0.25) is 0 Å². The summed E-state index contributed by atoms with van der Waals surface area (Å²) in [4.78, 5) is 25.9. The van der Waals surface area contributed by atoms with Gasteiger partial charge in [-0.15, -0.1) is 0 Å². The number of carbonyl (C=O) groups excluding carboxylic acids is 1. The number of rotatable bonds is 2. The molecule has 1 heterocycles. The molecule has 0 atom stereocenters. The van der Waals surface area contributed by atoms with Crippen LogP contribution in [0.5, 0.6) is 0 Å². The third-order valence-electron chi connectivity index (χ3n) is 2.76. The summed E-state index contributed by atoms with van der Waals surface area (Å²) in [6.07, 6.45) is 0. The highest BCUT2D eigenvalue weighted by molar-refractivity contribution is 6.03. The van der Waals surface area contributed by atoms with Gasteiger partial charge in [-0.25, -0.2) is 0 Å². The van der Waals surface area contributed by atoms with Crippen LogP contribution in [0, 0.1) is 18.8 Å². The Morgan fingerprint density at radius 3 is 2.86 bits per heavy atom. The molecule has 0 saturated carbocycles. The standard InChI is InChI=1S/C16H15N3O2/c1-11-7-8-12(4-3-9-17)14(10-11)19-16(21)13-5-2-6-15(20)18-13/h2,5-8,10H,9,17H2,1H3,(H,18,20)(H,19,21). The van der Waals surface area contributed by atoms with Gasteiger partial charge in [-0.2, -0.15) is 0 Å². The molecule has 0 aliphatic heterocycles. The first-order chi connectivity index (χ1) is 10.1. The zero-order chi connectivity index (χ0) is 15.2. The first-order valence-corrected chi connectivity index (χ1v) is 6.40. The van der Waals surface area contributed by atoms with E-state index in [1.165, 1.54) is 18.2 Å². The first kappa shape index (κ1) is 14.6. The normalized spacial score (nSPS) is 9.62. The van der Waals surface area contributed by atoms with Crippen LogP contribution in [0.25, 0.3) is 0 Å². The fourth-order valence-electron chi connectivity index (χ4n) is 1.79. The highest BCUT2D eigenvalue weighted by Gasteiger charge is 2.09. The van der Waals surface area contributed by atoms with E-state index in [1.807, 2.05) is 25.1 Å². The van der Waals surface area contributed by atoms with E-state index in [0.717, 1.165) is 5.56 Å². The summed E-state index contributed by atoms with van der Waals surface area (Å²) in [6.45, 7) is 2.16. The molecule has 2 rings (SSSR count). The Kier molecular flexibility index (Phi) is 4.54.